The Hall–Kier alpha value is -3.52. The summed E-state index contributed by atoms with van der Waals surface area (Å²) in [4.78, 5) is 36.6. The number of carbonyl (C=O) groups is 2. The van der Waals surface area contributed by atoms with E-state index in [1.165, 1.54) is 0 Å². The van der Waals surface area contributed by atoms with Crippen LogP contribution >= 0.6 is 23.2 Å². The van der Waals surface area contributed by atoms with E-state index in [1.54, 1.807) is 48.5 Å². The second kappa shape index (κ2) is 10.1. The van der Waals surface area contributed by atoms with Gasteiger partial charge in [-0.25, -0.2) is 4.98 Å². The number of fused-ring (bicyclic) bond motifs is 1. The molecule has 1 aliphatic rings. The Balaban J connectivity index is 1.73. The lowest BCUT2D eigenvalue weighted by molar-refractivity contribution is 0.0769. The molecule has 9 heteroatoms. The molecule has 2 aromatic carbocycles. The topological polar surface area (TPSA) is 101 Å². The van der Waals surface area contributed by atoms with Gasteiger partial charge in [0.25, 0.3) is 11.8 Å². The lowest BCUT2D eigenvalue weighted by atomic mass is 9.94. The number of hydrogen-bond donors (Lipinski definition) is 2. The minimum Gasteiger partial charge on any atom is -0.364 e. The Labute approximate surface area is 224 Å². The first kappa shape index (κ1) is 25.1. The number of pyridine rings is 2. The molecular weight excluding hydrogens is 509 g/mol. The first-order chi connectivity index (χ1) is 17.7. The summed E-state index contributed by atoms with van der Waals surface area (Å²) in [6, 6.07) is 14.5. The van der Waals surface area contributed by atoms with Gasteiger partial charge in [0.2, 0.25) is 0 Å². The Morgan fingerprint density at radius 1 is 1.08 bits per heavy atom. The third-order valence-corrected chi connectivity index (χ3v) is 7.08. The van der Waals surface area contributed by atoms with E-state index in [2.05, 4.69) is 15.3 Å². The number of likely N-dealkylation sites (N-methyl/N-ethyl adjacent to an activating group) is 1. The second-order valence-electron chi connectivity index (χ2n) is 9.29. The van der Waals surface area contributed by atoms with Gasteiger partial charge >= 0.3 is 0 Å². The van der Waals surface area contributed by atoms with Gasteiger partial charge in [-0.2, -0.15) is 0 Å². The van der Waals surface area contributed by atoms with Crippen molar-refractivity contribution in [3.8, 4) is 22.4 Å². The molecular formula is C28H25Cl2N5O2. The van der Waals surface area contributed by atoms with E-state index < -0.39 is 5.91 Å². The third kappa shape index (κ3) is 5.03. The van der Waals surface area contributed by atoms with E-state index in [-0.39, 0.29) is 17.6 Å². The smallest absolute Gasteiger partial charge is 0.267 e. The summed E-state index contributed by atoms with van der Waals surface area (Å²) in [5, 5.41) is 4.93. The first-order valence-corrected chi connectivity index (χ1v) is 12.6. The second-order valence-corrected chi connectivity index (χ2v) is 10.2. The fraction of sp³-hybridized carbons (Fsp3) is 0.214. The van der Waals surface area contributed by atoms with Crippen molar-refractivity contribution < 1.29 is 9.59 Å². The van der Waals surface area contributed by atoms with Gasteiger partial charge in [-0.1, -0.05) is 35.3 Å². The van der Waals surface area contributed by atoms with Crippen molar-refractivity contribution in [1.29, 1.82) is 0 Å². The number of halogens is 2. The molecule has 188 valence electrons. The molecule has 2 aromatic heterocycles. The van der Waals surface area contributed by atoms with E-state index in [4.69, 9.17) is 28.9 Å². The standard InChI is InChI=1S/C28H25Cl2N5O2/c1-15-3-5-24(27(31)36)34-26(15)16-4-6-23-21(11-16)25(28(37)35(2)14-20-7-8-32-20)22(13-33-23)17-9-18(29)12-19(30)10-17/h3-6,9-13,20,32H,7-8,14H2,1-2H3,(H2,31,36)/t20-/m0/s1. The van der Waals surface area contributed by atoms with Crippen LogP contribution in [0.5, 0.6) is 0 Å². The maximum Gasteiger partial charge on any atom is 0.267 e. The SMILES string of the molecule is Cc1ccc(C(N)=O)nc1-c1ccc2ncc(-c3cc(Cl)cc(Cl)c3)c(C(=O)N(C)C[C@@H]3CCN3)c2c1. The van der Waals surface area contributed by atoms with Crippen molar-refractivity contribution in [2.45, 2.75) is 19.4 Å². The molecule has 1 fully saturated rings. The number of hydrogen-bond acceptors (Lipinski definition) is 5. The zero-order valence-corrected chi connectivity index (χ0v) is 21.9. The number of nitrogens with two attached hydrogens (primary N) is 1. The molecule has 2 amide bonds. The number of rotatable bonds is 6. The number of nitrogens with one attached hydrogen (secondary N) is 1. The number of aryl methyl sites for hydroxylation is 1. The molecule has 0 bridgehead atoms. The Kier molecular flexibility index (Phi) is 6.86. The zero-order valence-electron chi connectivity index (χ0n) is 20.4. The van der Waals surface area contributed by atoms with Crippen molar-refractivity contribution in [2.24, 2.45) is 5.73 Å². The largest absolute Gasteiger partial charge is 0.364 e. The van der Waals surface area contributed by atoms with Crippen LogP contribution in [0.25, 0.3) is 33.3 Å². The molecule has 0 radical (unpaired) electrons. The summed E-state index contributed by atoms with van der Waals surface area (Å²) in [7, 11) is 1.80. The predicted molar refractivity (Wildman–Crippen MR) is 147 cm³/mol. The highest BCUT2D eigenvalue weighted by molar-refractivity contribution is 6.35. The molecule has 0 unspecified atom stereocenters. The molecule has 1 aliphatic heterocycles. The first-order valence-electron chi connectivity index (χ1n) is 11.9. The molecule has 3 N–H and O–H groups in total. The van der Waals surface area contributed by atoms with Gasteiger partial charge in [-0.3, -0.25) is 14.6 Å². The molecule has 3 heterocycles. The summed E-state index contributed by atoms with van der Waals surface area (Å²) in [6.45, 7) is 3.45. The van der Waals surface area contributed by atoms with E-state index in [0.717, 1.165) is 24.1 Å². The van der Waals surface area contributed by atoms with Crippen LogP contribution in [-0.2, 0) is 0 Å². The lowest BCUT2D eigenvalue weighted by Crippen LogP contribution is -2.50. The minimum atomic E-state index is -0.606. The van der Waals surface area contributed by atoms with Gasteiger partial charge in [0.15, 0.2) is 0 Å². The van der Waals surface area contributed by atoms with Gasteiger partial charge in [-0.05, 0) is 67.4 Å². The van der Waals surface area contributed by atoms with Gasteiger partial charge in [-0.15, -0.1) is 0 Å². The lowest BCUT2D eigenvalue weighted by Gasteiger charge is -2.32. The number of amides is 2. The van der Waals surface area contributed by atoms with Crippen LogP contribution in [0.3, 0.4) is 0 Å². The highest BCUT2D eigenvalue weighted by Crippen LogP contribution is 2.35. The van der Waals surface area contributed by atoms with E-state index in [9.17, 15) is 9.59 Å². The number of primary amides is 1. The van der Waals surface area contributed by atoms with Crippen LogP contribution in [0.1, 0.15) is 32.8 Å². The summed E-state index contributed by atoms with van der Waals surface area (Å²) in [5.74, 6) is -0.745. The highest BCUT2D eigenvalue weighted by Gasteiger charge is 2.26. The highest BCUT2D eigenvalue weighted by atomic mass is 35.5. The maximum atomic E-state index is 14.0. The maximum absolute atomic E-state index is 14.0. The van der Waals surface area contributed by atoms with Crippen molar-refractivity contribution in [1.82, 2.24) is 20.2 Å². The quantitative estimate of drug-likeness (QED) is 0.358. The summed E-state index contributed by atoms with van der Waals surface area (Å²) < 4.78 is 0. The van der Waals surface area contributed by atoms with Crippen LogP contribution in [0.15, 0.2) is 54.7 Å². The molecule has 37 heavy (non-hydrogen) atoms. The van der Waals surface area contributed by atoms with Gasteiger partial charge in [0.05, 0.1) is 16.8 Å². The van der Waals surface area contributed by atoms with Crippen molar-refractivity contribution in [3.05, 3.63) is 81.6 Å². The molecule has 5 rings (SSSR count). The molecule has 7 nitrogen and oxygen atoms in total. The molecule has 0 spiro atoms. The zero-order chi connectivity index (χ0) is 26.3. The summed E-state index contributed by atoms with van der Waals surface area (Å²) in [5.41, 5.74) is 10.3. The Bertz CT molecular complexity index is 1530. The van der Waals surface area contributed by atoms with Crippen LogP contribution in [0, 0.1) is 6.92 Å². The molecule has 0 aliphatic carbocycles. The van der Waals surface area contributed by atoms with Crippen molar-refractivity contribution in [3.63, 3.8) is 0 Å². The number of nitrogens with zero attached hydrogens (tertiary/aromatic N) is 3. The normalized spacial score (nSPS) is 14.9. The van der Waals surface area contributed by atoms with Crippen LogP contribution in [0.2, 0.25) is 10.0 Å². The molecule has 1 saturated heterocycles. The number of benzene rings is 2. The van der Waals surface area contributed by atoms with E-state index in [0.29, 0.717) is 49.9 Å². The third-order valence-electron chi connectivity index (χ3n) is 6.65. The average molecular weight is 534 g/mol. The minimum absolute atomic E-state index is 0.139. The van der Waals surface area contributed by atoms with Gasteiger partial charge in [0.1, 0.15) is 5.69 Å². The monoisotopic (exact) mass is 533 g/mol. The predicted octanol–water partition coefficient (Wildman–Crippen LogP) is 5.11. The number of aromatic nitrogens is 2. The van der Waals surface area contributed by atoms with Crippen molar-refractivity contribution in [2.75, 3.05) is 20.1 Å². The van der Waals surface area contributed by atoms with Crippen LogP contribution in [0.4, 0.5) is 0 Å². The summed E-state index contributed by atoms with van der Waals surface area (Å²) in [6.07, 6.45) is 2.71. The van der Waals surface area contributed by atoms with Crippen molar-refractivity contribution >= 4 is 45.9 Å². The van der Waals surface area contributed by atoms with Gasteiger partial charge in [0, 0.05) is 52.4 Å². The molecule has 4 aromatic rings. The van der Waals surface area contributed by atoms with Crippen LogP contribution < -0.4 is 11.1 Å². The Morgan fingerprint density at radius 3 is 2.46 bits per heavy atom. The van der Waals surface area contributed by atoms with Gasteiger partial charge < -0.3 is 16.0 Å². The van der Waals surface area contributed by atoms with E-state index >= 15 is 0 Å². The van der Waals surface area contributed by atoms with E-state index in [1.807, 2.05) is 25.1 Å². The summed E-state index contributed by atoms with van der Waals surface area (Å²) >= 11 is 12.6. The average Bonchev–Trinajstić information content (AvgIpc) is 2.84. The molecule has 1 atom stereocenters. The fourth-order valence-corrected chi connectivity index (χ4v) is 5.09. The fourth-order valence-electron chi connectivity index (χ4n) is 4.57. The van der Waals surface area contributed by atoms with Crippen LogP contribution in [-0.4, -0.2) is 52.9 Å². The Morgan fingerprint density at radius 2 is 1.81 bits per heavy atom. The molecule has 0 saturated carbocycles. The number of carbonyl (C=O) groups excluding carboxylic acids is 2.